The van der Waals surface area contributed by atoms with Gasteiger partial charge in [-0.2, -0.15) is 0 Å². The third-order valence-corrected chi connectivity index (χ3v) is 3.80. The van der Waals surface area contributed by atoms with E-state index in [4.69, 9.17) is 11.6 Å². The molecule has 0 aliphatic rings. The third-order valence-electron chi connectivity index (χ3n) is 3.47. The van der Waals surface area contributed by atoms with Crippen molar-refractivity contribution >= 4 is 23.2 Å². The molecule has 4 nitrogen and oxygen atoms in total. The van der Waals surface area contributed by atoms with Crippen LogP contribution < -0.4 is 10.6 Å². The lowest BCUT2D eigenvalue weighted by Crippen LogP contribution is -2.42. The van der Waals surface area contributed by atoms with Gasteiger partial charge < -0.3 is 15.7 Å². The molecule has 2 aromatic rings. The van der Waals surface area contributed by atoms with Crippen molar-refractivity contribution in [2.45, 2.75) is 25.9 Å². The zero-order chi connectivity index (χ0) is 16.9. The number of benzene rings is 2. The highest BCUT2D eigenvalue weighted by Crippen LogP contribution is 2.18. The molecule has 0 aliphatic carbocycles. The van der Waals surface area contributed by atoms with Gasteiger partial charge in [0, 0.05) is 17.8 Å². The van der Waals surface area contributed by atoms with Gasteiger partial charge in [-0.3, -0.25) is 4.79 Å². The summed E-state index contributed by atoms with van der Waals surface area (Å²) < 4.78 is 0. The highest BCUT2D eigenvalue weighted by atomic mass is 35.5. The standard InChI is InChI=1S/C18H21ClN2O2/c1-18(2,12-22)20-11-13-6-5-7-14(10-13)21-17(23)15-8-3-4-9-16(15)19/h3-10,20,22H,11-12H2,1-2H3,(H,21,23). The van der Waals surface area contributed by atoms with E-state index >= 15 is 0 Å². The fraction of sp³-hybridized carbons (Fsp3) is 0.278. The van der Waals surface area contributed by atoms with Crippen molar-refractivity contribution in [3.63, 3.8) is 0 Å². The van der Waals surface area contributed by atoms with Crippen molar-refractivity contribution in [3.8, 4) is 0 Å². The molecule has 0 bridgehead atoms. The van der Waals surface area contributed by atoms with E-state index in [2.05, 4.69) is 10.6 Å². The minimum Gasteiger partial charge on any atom is -0.394 e. The summed E-state index contributed by atoms with van der Waals surface area (Å²) >= 11 is 6.04. The van der Waals surface area contributed by atoms with Crippen LogP contribution in [0.15, 0.2) is 48.5 Å². The summed E-state index contributed by atoms with van der Waals surface area (Å²) in [7, 11) is 0. The molecule has 0 aliphatic heterocycles. The molecule has 0 saturated carbocycles. The average Bonchev–Trinajstić information content (AvgIpc) is 2.54. The molecule has 5 heteroatoms. The van der Waals surface area contributed by atoms with Gasteiger partial charge in [-0.15, -0.1) is 0 Å². The zero-order valence-corrected chi connectivity index (χ0v) is 14.0. The second-order valence-electron chi connectivity index (χ2n) is 6.03. The van der Waals surface area contributed by atoms with Crippen LogP contribution in [0.2, 0.25) is 5.02 Å². The Balaban J connectivity index is 2.05. The fourth-order valence-electron chi connectivity index (χ4n) is 2.00. The summed E-state index contributed by atoms with van der Waals surface area (Å²) in [5.41, 5.74) is 1.82. The van der Waals surface area contributed by atoms with Crippen LogP contribution in [0.1, 0.15) is 29.8 Å². The van der Waals surface area contributed by atoms with E-state index in [0.29, 0.717) is 22.8 Å². The molecule has 2 rings (SSSR count). The number of carbonyl (C=O) groups is 1. The van der Waals surface area contributed by atoms with Crippen LogP contribution >= 0.6 is 11.6 Å². The van der Waals surface area contributed by atoms with E-state index in [9.17, 15) is 9.90 Å². The zero-order valence-electron chi connectivity index (χ0n) is 13.3. The van der Waals surface area contributed by atoms with Gasteiger partial charge in [0.05, 0.1) is 17.2 Å². The van der Waals surface area contributed by atoms with Crippen LogP contribution in [0.25, 0.3) is 0 Å². The quantitative estimate of drug-likeness (QED) is 0.759. The molecule has 0 atom stereocenters. The smallest absolute Gasteiger partial charge is 0.257 e. The van der Waals surface area contributed by atoms with E-state index in [-0.39, 0.29) is 18.1 Å². The topological polar surface area (TPSA) is 61.4 Å². The number of halogens is 1. The first-order valence-electron chi connectivity index (χ1n) is 7.42. The molecule has 122 valence electrons. The van der Waals surface area contributed by atoms with Gasteiger partial charge in [0.25, 0.3) is 5.91 Å². The van der Waals surface area contributed by atoms with Crippen LogP contribution in [0.3, 0.4) is 0 Å². The van der Waals surface area contributed by atoms with Crippen LogP contribution in [-0.4, -0.2) is 23.2 Å². The molecule has 23 heavy (non-hydrogen) atoms. The molecule has 0 spiro atoms. The number of aliphatic hydroxyl groups excluding tert-OH is 1. The molecule has 0 heterocycles. The van der Waals surface area contributed by atoms with Crippen molar-refractivity contribution in [2.24, 2.45) is 0 Å². The summed E-state index contributed by atoms with van der Waals surface area (Å²) in [6, 6.07) is 14.5. The Morgan fingerprint density at radius 3 is 2.61 bits per heavy atom. The lowest BCUT2D eigenvalue weighted by Gasteiger charge is -2.23. The average molecular weight is 333 g/mol. The number of aliphatic hydroxyl groups is 1. The summed E-state index contributed by atoms with van der Waals surface area (Å²) in [5.74, 6) is -0.239. The highest BCUT2D eigenvalue weighted by molar-refractivity contribution is 6.34. The number of hydrogen-bond acceptors (Lipinski definition) is 3. The van der Waals surface area contributed by atoms with Gasteiger partial charge in [0.2, 0.25) is 0 Å². The summed E-state index contributed by atoms with van der Waals surface area (Å²) in [4.78, 5) is 12.3. The number of anilines is 1. The summed E-state index contributed by atoms with van der Waals surface area (Å²) in [5, 5.41) is 15.8. The third kappa shape index (κ3) is 5.06. The number of carbonyl (C=O) groups excluding carboxylic acids is 1. The van der Waals surface area contributed by atoms with E-state index < -0.39 is 0 Å². The van der Waals surface area contributed by atoms with Crippen molar-refractivity contribution in [2.75, 3.05) is 11.9 Å². The first-order valence-corrected chi connectivity index (χ1v) is 7.80. The van der Waals surface area contributed by atoms with Gasteiger partial charge in [0.1, 0.15) is 0 Å². The van der Waals surface area contributed by atoms with Crippen LogP contribution in [0.4, 0.5) is 5.69 Å². The molecular weight excluding hydrogens is 312 g/mol. The second-order valence-corrected chi connectivity index (χ2v) is 6.44. The lowest BCUT2D eigenvalue weighted by atomic mass is 10.1. The minimum absolute atomic E-state index is 0.0515. The van der Waals surface area contributed by atoms with Crippen molar-refractivity contribution < 1.29 is 9.90 Å². The van der Waals surface area contributed by atoms with Crippen molar-refractivity contribution in [1.82, 2.24) is 5.32 Å². The Morgan fingerprint density at radius 2 is 1.91 bits per heavy atom. The van der Waals surface area contributed by atoms with Crippen LogP contribution in [0, 0.1) is 0 Å². The first-order chi connectivity index (χ1) is 10.9. The maximum absolute atomic E-state index is 12.3. The maximum atomic E-state index is 12.3. The molecule has 0 radical (unpaired) electrons. The summed E-state index contributed by atoms with van der Waals surface area (Å²) in [6.45, 7) is 4.51. The Kier molecular flexibility index (Phi) is 5.77. The molecular formula is C18H21ClN2O2. The van der Waals surface area contributed by atoms with E-state index in [1.165, 1.54) is 0 Å². The number of amides is 1. The molecule has 3 N–H and O–H groups in total. The van der Waals surface area contributed by atoms with Crippen LogP contribution in [-0.2, 0) is 6.54 Å². The Bertz CT molecular complexity index is 686. The van der Waals surface area contributed by atoms with Gasteiger partial charge in [-0.1, -0.05) is 35.9 Å². The summed E-state index contributed by atoms with van der Waals surface area (Å²) in [6.07, 6.45) is 0. The minimum atomic E-state index is -0.350. The number of nitrogens with one attached hydrogen (secondary N) is 2. The SMILES string of the molecule is CC(C)(CO)NCc1cccc(NC(=O)c2ccccc2Cl)c1. The highest BCUT2D eigenvalue weighted by Gasteiger charge is 2.15. The van der Waals surface area contributed by atoms with Crippen LogP contribution in [0.5, 0.6) is 0 Å². The fourth-order valence-corrected chi connectivity index (χ4v) is 2.22. The predicted molar refractivity (Wildman–Crippen MR) is 93.9 cm³/mol. The normalized spacial score (nSPS) is 11.3. The first kappa shape index (κ1) is 17.5. The number of hydrogen-bond donors (Lipinski definition) is 3. The Labute approximate surface area is 141 Å². The molecule has 0 unspecified atom stereocenters. The van der Waals surface area contributed by atoms with E-state index in [0.717, 1.165) is 5.56 Å². The lowest BCUT2D eigenvalue weighted by molar-refractivity contribution is 0.102. The molecule has 2 aromatic carbocycles. The van der Waals surface area contributed by atoms with Gasteiger partial charge in [-0.05, 0) is 43.7 Å². The Hall–Kier alpha value is -1.88. The van der Waals surface area contributed by atoms with Crippen molar-refractivity contribution in [3.05, 3.63) is 64.7 Å². The monoisotopic (exact) mass is 332 g/mol. The van der Waals surface area contributed by atoms with Crippen molar-refractivity contribution in [1.29, 1.82) is 0 Å². The van der Waals surface area contributed by atoms with Gasteiger partial charge in [0.15, 0.2) is 0 Å². The Morgan fingerprint density at radius 1 is 1.17 bits per heavy atom. The molecule has 0 aromatic heterocycles. The van der Waals surface area contributed by atoms with Gasteiger partial charge in [-0.25, -0.2) is 0 Å². The van der Waals surface area contributed by atoms with E-state index in [1.54, 1.807) is 24.3 Å². The molecule has 0 saturated heterocycles. The largest absolute Gasteiger partial charge is 0.394 e. The van der Waals surface area contributed by atoms with E-state index in [1.807, 2.05) is 38.1 Å². The predicted octanol–water partition coefficient (Wildman–Crippen LogP) is 3.45. The second kappa shape index (κ2) is 7.59. The molecule has 0 fully saturated rings. The van der Waals surface area contributed by atoms with Gasteiger partial charge >= 0.3 is 0 Å². The molecule has 1 amide bonds. The number of rotatable bonds is 6. The maximum Gasteiger partial charge on any atom is 0.257 e.